The molecule has 1 N–H and O–H groups in total. The van der Waals surface area contributed by atoms with E-state index >= 15 is 0 Å². The summed E-state index contributed by atoms with van der Waals surface area (Å²) in [6.45, 7) is 11.9. The van der Waals surface area contributed by atoms with Crippen LogP contribution in [0, 0.1) is 6.92 Å². The largest absolute Gasteiger partial charge is 0.474 e. The quantitative estimate of drug-likeness (QED) is 0.451. The van der Waals surface area contributed by atoms with Gasteiger partial charge in [-0.05, 0) is 70.7 Å². The second-order valence-corrected chi connectivity index (χ2v) is 11.0. The number of hydrogen-bond acceptors (Lipinski definition) is 7. The van der Waals surface area contributed by atoms with Gasteiger partial charge in [-0.1, -0.05) is 28.9 Å². The summed E-state index contributed by atoms with van der Waals surface area (Å²) >= 11 is 6.31. The van der Waals surface area contributed by atoms with Gasteiger partial charge < -0.3 is 19.3 Å². The average molecular weight is 542 g/mol. The van der Waals surface area contributed by atoms with Crippen LogP contribution in [0.3, 0.4) is 0 Å². The van der Waals surface area contributed by atoms with E-state index in [1.54, 1.807) is 37.9 Å². The molecule has 2 amide bonds. The van der Waals surface area contributed by atoms with Gasteiger partial charge >= 0.3 is 6.09 Å². The fourth-order valence-corrected chi connectivity index (χ4v) is 4.64. The zero-order valence-corrected chi connectivity index (χ0v) is 23.2. The molecule has 3 heterocycles. The number of benzene rings is 1. The molecule has 0 atom stereocenters. The number of amides is 2. The van der Waals surface area contributed by atoms with Crippen molar-refractivity contribution in [1.29, 1.82) is 0 Å². The summed E-state index contributed by atoms with van der Waals surface area (Å²) in [6, 6.07) is 5.56. The van der Waals surface area contributed by atoms with Crippen molar-refractivity contribution in [2.75, 3.05) is 13.1 Å². The predicted molar refractivity (Wildman–Crippen MR) is 142 cm³/mol. The number of hydrogen-bond donors (Lipinski definition) is 1. The maximum atomic E-state index is 12.9. The van der Waals surface area contributed by atoms with Gasteiger partial charge in [-0.3, -0.25) is 9.69 Å². The van der Waals surface area contributed by atoms with Crippen molar-refractivity contribution in [2.24, 2.45) is 0 Å². The molecule has 38 heavy (non-hydrogen) atoms. The molecular weight excluding hydrogens is 510 g/mol. The van der Waals surface area contributed by atoms with Crippen LogP contribution in [-0.2, 0) is 17.8 Å². The van der Waals surface area contributed by atoms with E-state index in [9.17, 15) is 14.7 Å². The van der Waals surface area contributed by atoms with E-state index < -0.39 is 11.6 Å². The Labute approximate surface area is 226 Å². The molecule has 0 fully saturated rings. The van der Waals surface area contributed by atoms with Gasteiger partial charge in [-0.2, -0.15) is 4.98 Å². The van der Waals surface area contributed by atoms with E-state index in [-0.39, 0.29) is 18.6 Å². The minimum atomic E-state index is -1.11. The number of rotatable bonds is 6. The Bertz CT molecular complexity index is 1360. The van der Waals surface area contributed by atoms with Crippen LogP contribution in [0.25, 0.3) is 22.8 Å². The van der Waals surface area contributed by atoms with Crippen LogP contribution in [0.1, 0.15) is 51.3 Å². The lowest BCUT2D eigenvalue weighted by Gasteiger charge is -2.36. The second kappa shape index (κ2) is 10.6. The minimum Gasteiger partial charge on any atom is -0.474 e. The van der Waals surface area contributed by atoms with Gasteiger partial charge in [-0.15, -0.1) is 0 Å². The number of ether oxygens (including phenoxy) is 1. The summed E-state index contributed by atoms with van der Waals surface area (Å²) in [6.07, 6.45) is 1.06. The molecule has 11 heteroatoms. The molecule has 0 bridgehead atoms. The number of carbonyl (C=O) groups is 2. The molecule has 0 saturated heterocycles. The van der Waals surface area contributed by atoms with Crippen LogP contribution in [0.4, 0.5) is 4.79 Å². The molecule has 2 aromatic heterocycles. The Balaban J connectivity index is 1.52. The van der Waals surface area contributed by atoms with Crippen molar-refractivity contribution in [3.8, 4) is 28.7 Å². The third kappa shape index (κ3) is 5.75. The van der Waals surface area contributed by atoms with E-state index in [0.29, 0.717) is 47.7 Å². The Hall–Kier alpha value is -3.66. The summed E-state index contributed by atoms with van der Waals surface area (Å²) in [5, 5.41) is 14.1. The Morgan fingerprint density at radius 3 is 2.66 bits per heavy atom. The lowest BCUT2D eigenvalue weighted by Crippen LogP contribution is -2.51. The molecule has 4 rings (SSSR count). The highest BCUT2D eigenvalue weighted by Crippen LogP contribution is 2.33. The fourth-order valence-electron chi connectivity index (χ4n) is 4.43. The first-order valence-corrected chi connectivity index (χ1v) is 12.8. The van der Waals surface area contributed by atoms with Gasteiger partial charge in [0, 0.05) is 30.4 Å². The van der Waals surface area contributed by atoms with E-state index in [4.69, 9.17) is 20.9 Å². The first-order chi connectivity index (χ1) is 17.8. The highest BCUT2D eigenvalue weighted by Gasteiger charge is 2.31. The average Bonchev–Trinajstić information content (AvgIpc) is 3.32. The molecule has 202 valence electrons. The molecule has 1 aliphatic heterocycles. The highest BCUT2D eigenvalue weighted by molar-refractivity contribution is 6.32. The summed E-state index contributed by atoms with van der Waals surface area (Å²) in [7, 11) is 0. The van der Waals surface area contributed by atoms with Gasteiger partial charge in [0.1, 0.15) is 11.6 Å². The lowest BCUT2D eigenvalue weighted by molar-refractivity contribution is -0.134. The molecule has 0 saturated carbocycles. The number of halogens is 1. The molecule has 0 aliphatic carbocycles. The maximum Gasteiger partial charge on any atom is 0.408 e. The van der Waals surface area contributed by atoms with Gasteiger partial charge in [0.05, 0.1) is 11.7 Å². The van der Waals surface area contributed by atoms with Crippen LogP contribution >= 0.6 is 11.6 Å². The van der Waals surface area contributed by atoms with Crippen LogP contribution in [0.15, 0.2) is 28.9 Å². The van der Waals surface area contributed by atoms with Gasteiger partial charge in [0.25, 0.3) is 5.89 Å². The SMILES string of the molecule is Cc1c(-c2noc(-c3cnc(OC(C)C)c(Cl)c3)n2)ccc2c1CCN(C(=O)CN(C(=O)O)C(C)(C)C)C2. The number of aromatic nitrogens is 3. The minimum absolute atomic E-state index is 0.0547. The van der Waals surface area contributed by atoms with Gasteiger partial charge in [0.15, 0.2) is 0 Å². The topological polar surface area (TPSA) is 122 Å². The van der Waals surface area contributed by atoms with E-state index in [0.717, 1.165) is 22.3 Å². The number of pyridine rings is 1. The third-order valence-corrected chi connectivity index (χ3v) is 6.71. The number of nitrogens with zero attached hydrogens (tertiary/aromatic N) is 5. The summed E-state index contributed by atoms with van der Waals surface area (Å²) in [5.74, 6) is 0.868. The number of carbonyl (C=O) groups excluding carboxylic acids is 1. The molecule has 1 aromatic carbocycles. The van der Waals surface area contributed by atoms with Crippen LogP contribution < -0.4 is 4.74 Å². The van der Waals surface area contributed by atoms with Crippen molar-refractivity contribution >= 4 is 23.6 Å². The smallest absolute Gasteiger partial charge is 0.408 e. The summed E-state index contributed by atoms with van der Waals surface area (Å²) < 4.78 is 11.1. The van der Waals surface area contributed by atoms with Crippen molar-refractivity contribution in [2.45, 2.75) is 66.2 Å². The van der Waals surface area contributed by atoms with Crippen molar-refractivity contribution in [1.82, 2.24) is 24.9 Å². The first kappa shape index (κ1) is 27.4. The normalized spacial score (nSPS) is 13.4. The van der Waals surface area contributed by atoms with E-state index in [2.05, 4.69) is 15.1 Å². The van der Waals surface area contributed by atoms with Crippen LogP contribution in [-0.4, -0.2) is 66.8 Å². The number of fused-ring (bicyclic) bond motifs is 1. The molecular formula is C27H32ClN5O5. The zero-order chi connectivity index (χ0) is 27.8. The van der Waals surface area contributed by atoms with Crippen molar-refractivity contribution in [3.05, 3.63) is 46.1 Å². The van der Waals surface area contributed by atoms with Crippen molar-refractivity contribution < 1.29 is 24.0 Å². The summed E-state index contributed by atoms with van der Waals surface area (Å²) in [4.78, 5) is 36.3. The van der Waals surface area contributed by atoms with Crippen molar-refractivity contribution in [3.63, 3.8) is 0 Å². The molecule has 0 spiro atoms. The van der Waals surface area contributed by atoms with Gasteiger partial charge in [0.2, 0.25) is 17.6 Å². The molecule has 10 nitrogen and oxygen atoms in total. The third-order valence-electron chi connectivity index (χ3n) is 6.44. The fraction of sp³-hybridized carbons (Fsp3) is 0.444. The van der Waals surface area contributed by atoms with E-state index in [1.807, 2.05) is 32.9 Å². The van der Waals surface area contributed by atoms with Gasteiger partial charge in [-0.25, -0.2) is 9.78 Å². The second-order valence-electron chi connectivity index (χ2n) is 10.6. The molecule has 1 aliphatic rings. The Morgan fingerprint density at radius 1 is 1.29 bits per heavy atom. The Morgan fingerprint density at radius 2 is 2.03 bits per heavy atom. The molecule has 0 unspecified atom stereocenters. The Kier molecular flexibility index (Phi) is 7.64. The van der Waals surface area contributed by atoms with E-state index in [1.165, 1.54) is 4.90 Å². The monoisotopic (exact) mass is 541 g/mol. The standard InChI is InChI=1S/C27H32ClN5O5/c1-15(2)37-25-21(28)11-18(12-29-25)24-30-23(31-38-24)20-8-7-17-13-32(10-9-19(17)16(20)3)22(34)14-33(26(35)36)27(4,5)6/h7-8,11-12,15H,9-10,13-14H2,1-6H3,(H,35,36). The lowest BCUT2D eigenvalue weighted by atomic mass is 9.91. The maximum absolute atomic E-state index is 12.9. The summed E-state index contributed by atoms with van der Waals surface area (Å²) in [5.41, 5.74) is 3.91. The number of carboxylic acid groups (broad SMARTS) is 1. The first-order valence-electron chi connectivity index (χ1n) is 12.4. The highest BCUT2D eigenvalue weighted by atomic mass is 35.5. The predicted octanol–water partition coefficient (Wildman–Crippen LogP) is 5.21. The van der Waals surface area contributed by atoms with Crippen LogP contribution in [0.2, 0.25) is 5.02 Å². The zero-order valence-electron chi connectivity index (χ0n) is 22.4. The molecule has 0 radical (unpaired) electrons. The van der Waals surface area contributed by atoms with Crippen LogP contribution in [0.5, 0.6) is 5.88 Å². The molecule has 3 aromatic rings.